The highest BCUT2D eigenvalue weighted by atomic mass is 16.1. The van der Waals surface area contributed by atoms with Gasteiger partial charge in [0.1, 0.15) is 5.82 Å². The Balaban J connectivity index is 3.01. The third-order valence-electron chi connectivity index (χ3n) is 0.945. The van der Waals surface area contributed by atoms with Gasteiger partial charge in [-0.2, -0.15) is 0 Å². The van der Waals surface area contributed by atoms with Crippen LogP contribution in [0, 0.1) is 0 Å². The van der Waals surface area contributed by atoms with E-state index in [2.05, 4.69) is 4.98 Å². The molecule has 1 heterocycles. The first-order chi connectivity index (χ1) is 4.33. The molecule has 0 aliphatic carbocycles. The van der Waals surface area contributed by atoms with Gasteiger partial charge in [-0.05, 0) is 12.1 Å². The second kappa shape index (κ2) is 2.26. The number of carbonyl (C=O) groups excluding carboxylic acids is 1. The van der Waals surface area contributed by atoms with Gasteiger partial charge in [-0.15, -0.1) is 0 Å². The van der Waals surface area contributed by atoms with Crippen molar-refractivity contribution in [1.29, 1.82) is 0 Å². The summed E-state index contributed by atoms with van der Waals surface area (Å²) in [6, 6.07) is 3.21. The number of aromatic nitrogens is 1. The Morgan fingerprint density at radius 2 is 2.33 bits per heavy atom. The van der Waals surface area contributed by atoms with Gasteiger partial charge in [0.25, 0.3) is 0 Å². The molecule has 1 rings (SSSR count). The van der Waals surface area contributed by atoms with Gasteiger partial charge in [0, 0.05) is 11.8 Å². The lowest BCUT2D eigenvalue weighted by Crippen LogP contribution is -1.89. The van der Waals surface area contributed by atoms with E-state index in [0.717, 1.165) is 6.29 Å². The van der Waals surface area contributed by atoms with Gasteiger partial charge in [-0.25, -0.2) is 4.98 Å². The van der Waals surface area contributed by atoms with Crippen LogP contribution >= 0.6 is 0 Å². The zero-order chi connectivity index (χ0) is 6.69. The van der Waals surface area contributed by atoms with Gasteiger partial charge in [-0.1, -0.05) is 0 Å². The summed E-state index contributed by atoms with van der Waals surface area (Å²) in [6.07, 6.45) is 2.16. The van der Waals surface area contributed by atoms with Crippen LogP contribution in [-0.4, -0.2) is 11.3 Å². The lowest BCUT2D eigenvalue weighted by molar-refractivity contribution is 0.112. The summed E-state index contributed by atoms with van der Waals surface area (Å²) < 4.78 is 0. The topological polar surface area (TPSA) is 56.0 Å². The molecule has 0 bridgehead atoms. The minimum atomic E-state index is 0.431. The number of pyridine rings is 1. The third-order valence-corrected chi connectivity index (χ3v) is 0.945. The molecule has 1 aromatic heterocycles. The van der Waals surface area contributed by atoms with Gasteiger partial charge >= 0.3 is 0 Å². The highest BCUT2D eigenvalue weighted by Crippen LogP contribution is 1.96. The Morgan fingerprint density at radius 3 is 2.78 bits per heavy atom. The summed E-state index contributed by atoms with van der Waals surface area (Å²) >= 11 is 0. The maximum atomic E-state index is 10.0. The number of nitrogen functional groups attached to an aromatic ring is 1. The number of anilines is 1. The minimum absolute atomic E-state index is 0.431. The van der Waals surface area contributed by atoms with Crippen LogP contribution in [0.3, 0.4) is 0 Å². The van der Waals surface area contributed by atoms with Crippen molar-refractivity contribution in [3.8, 4) is 0 Å². The van der Waals surface area contributed by atoms with Crippen LogP contribution in [-0.2, 0) is 0 Å². The molecule has 9 heavy (non-hydrogen) atoms. The normalized spacial score (nSPS) is 8.89. The number of nitrogens with zero attached hydrogens (tertiary/aromatic N) is 1. The molecular weight excluding hydrogens is 116 g/mol. The Hall–Kier alpha value is -1.38. The number of hydrogen-bond acceptors (Lipinski definition) is 3. The molecule has 2 N–H and O–H groups in total. The van der Waals surface area contributed by atoms with E-state index in [1.54, 1.807) is 12.1 Å². The Morgan fingerprint density at radius 1 is 1.56 bits per heavy atom. The quantitative estimate of drug-likeness (QED) is 0.551. The van der Waals surface area contributed by atoms with Gasteiger partial charge < -0.3 is 5.73 Å². The van der Waals surface area contributed by atoms with Crippen molar-refractivity contribution in [3.05, 3.63) is 23.9 Å². The molecule has 0 aliphatic rings. The molecule has 3 heteroatoms. The minimum Gasteiger partial charge on any atom is -0.384 e. The highest BCUT2D eigenvalue weighted by molar-refractivity contribution is 5.74. The fourth-order valence-electron chi connectivity index (χ4n) is 0.486. The molecule has 0 saturated carbocycles. The van der Waals surface area contributed by atoms with Gasteiger partial charge in [0.15, 0.2) is 6.29 Å². The van der Waals surface area contributed by atoms with Crippen LogP contribution in [0.5, 0.6) is 0 Å². The van der Waals surface area contributed by atoms with E-state index in [0.29, 0.717) is 11.4 Å². The van der Waals surface area contributed by atoms with E-state index in [1.165, 1.54) is 6.20 Å². The number of carbonyl (C=O) groups is 1. The van der Waals surface area contributed by atoms with Gasteiger partial charge in [0.05, 0.1) is 0 Å². The monoisotopic (exact) mass is 122 g/mol. The molecule has 1 aromatic rings. The van der Waals surface area contributed by atoms with E-state index >= 15 is 0 Å². The molecular formula is C6H6N2O. The first kappa shape index (κ1) is 5.75. The van der Waals surface area contributed by atoms with Crippen molar-refractivity contribution >= 4 is 12.1 Å². The standard InChI is InChI=1S/C6H6N2O/c7-6-2-1-5(4-9)3-8-6/h1-4H,(H2,7,8). The fourth-order valence-corrected chi connectivity index (χ4v) is 0.486. The van der Waals surface area contributed by atoms with Crippen LogP contribution in [0.15, 0.2) is 18.3 Å². The van der Waals surface area contributed by atoms with Crippen molar-refractivity contribution in [2.75, 3.05) is 5.73 Å². The summed E-state index contributed by atoms with van der Waals surface area (Å²) in [6.45, 7) is 0. The molecule has 0 aromatic carbocycles. The molecule has 46 valence electrons. The van der Waals surface area contributed by atoms with E-state index in [4.69, 9.17) is 5.73 Å². The fraction of sp³-hybridized carbons (Fsp3) is 0. The van der Waals surface area contributed by atoms with Crippen LogP contribution in [0.1, 0.15) is 10.4 Å². The maximum Gasteiger partial charge on any atom is 0.151 e. The molecule has 0 aliphatic heterocycles. The summed E-state index contributed by atoms with van der Waals surface area (Å²) in [7, 11) is 0. The summed E-state index contributed by atoms with van der Waals surface area (Å²) in [5, 5.41) is 0. The van der Waals surface area contributed by atoms with E-state index in [-0.39, 0.29) is 0 Å². The molecule has 0 radical (unpaired) electrons. The predicted molar refractivity (Wildman–Crippen MR) is 34.0 cm³/mol. The molecule has 3 nitrogen and oxygen atoms in total. The van der Waals surface area contributed by atoms with Gasteiger partial charge in [0.2, 0.25) is 0 Å². The number of nitrogens with two attached hydrogens (primary N) is 1. The third kappa shape index (κ3) is 1.25. The number of rotatable bonds is 1. The SMILES string of the molecule is Nc1ccc(C=O)cn1. The van der Waals surface area contributed by atoms with Crippen molar-refractivity contribution in [3.63, 3.8) is 0 Å². The van der Waals surface area contributed by atoms with Crippen LogP contribution in [0.4, 0.5) is 5.82 Å². The van der Waals surface area contributed by atoms with Crippen molar-refractivity contribution in [1.82, 2.24) is 4.98 Å². The first-order valence-electron chi connectivity index (χ1n) is 2.49. The van der Waals surface area contributed by atoms with Crippen molar-refractivity contribution < 1.29 is 4.79 Å². The molecule has 0 unspecified atom stereocenters. The predicted octanol–water partition coefficient (Wildman–Crippen LogP) is 0.476. The first-order valence-corrected chi connectivity index (χ1v) is 2.49. The summed E-state index contributed by atoms with van der Waals surface area (Å²) in [5.74, 6) is 0.431. The molecule has 0 atom stereocenters. The van der Waals surface area contributed by atoms with Crippen LogP contribution < -0.4 is 5.73 Å². The molecule has 0 amide bonds. The molecule has 0 saturated heterocycles. The zero-order valence-electron chi connectivity index (χ0n) is 4.74. The lowest BCUT2D eigenvalue weighted by atomic mass is 10.3. The maximum absolute atomic E-state index is 10.0. The summed E-state index contributed by atoms with van der Waals surface area (Å²) in [4.78, 5) is 13.7. The van der Waals surface area contributed by atoms with Gasteiger partial charge in [-0.3, -0.25) is 4.79 Å². The second-order valence-corrected chi connectivity index (χ2v) is 1.63. The van der Waals surface area contributed by atoms with E-state index < -0.39 is 0 Å². The number of aldehydes is 1. The van der Waals surface area contributed by atoms with E-state index in [1.807, 2.05) is 0 Å². The Kier molecular flexibility index (Phi) is 1.44. The highest BCUT2D eigenvalue weighted by Gasteiger charge is 1.86. The average molecular weight is 122 g/mol. The smallest absolute Gasteiger partial charge is 0.151 e. The average Bonchev–Trinajstić information content (AvgIpc) is 1.90. The largest absolute Gasteiger partial charge is 0.384 e. The van der Waals surface area contributed by atoms with Crippen LogP contribution in [0.25, 0.3) is 0 Å². The zero-order valence-corrected chi connectivity index (χ0v) is 4.74. The lowest BCUT2D eigenvalue weighted by Gasteiger charge is -1.88. The summed E-state index contributed by atoms with van der Waals surface area (Å²) in [5.41, 5.74) is 5.80. The van der Waals surface area contributed by atoms with Crippen molar-refractivity contribution in [2.45, 2.75) is 0 Å². The molecule has 0 spiro atoms. The number of hydrogen-bond donors (Lipinski definition) is 1. The second-order valence-electron chi connectivity index (χ2n) is 1.63. The van der Waals surface area contributed by atoms with Crippen molar-refractivity contribution in [2.24, 2.45) is 0 Å². The Labute approximate surface area is 52.5 Å². The van der Waals surface area contributed by atoms with Crippen LogP contribution in [0.2, 0.25) is 0 Å². The molecule has 0 fully saturated rings. The van der Waals surface area contributed by atoms with E-state index in [9.17, 15) is 4.79 Å². The Bertz CT molecular complexity index is 205.